The van der Waals surface area contributed by atoms with Gasteiger partial charge < -0.3 is 4.74 Å². The van der Waals surface area contributed by atoms with Crippen molar-refractivity contribution in [2.45, 2.75) is 50.7 Å². The fourth-order valence-electron chi connectivity index (χ4n) is 3.61. The molecule has 1 aromatic heterocycles. The van der Waals surface area contributed by atoms with Crippen LogP contribution in [0.2, 0.25) is 0 Å². The van der Waals surface area contributed by atoms with Crippen LogP contribution in [-0.4, -0.2) is 11.2 Å². The molecule has 10 heteroatoms. The highest BCUT2D eigenvalue weighted by molar-refractivity contribution is 7.15. The molecule has 0 bridgehead atoms. The average Bonchev–Trinajstić information content (AvgIpc) is 3.55. The van der Waals surface area contributed by atoms with E-state index in [1.807, 2.05) is 0 Å². The fourth-order valence-corrected chi connectivity index (χ4v) is 4.76. The lowest BCUT2D eigenvalue weighted by Crippen LogP contribution is -2.23. The minimum absolute atomic E-state index is 0.0979. The Morgan fingerprint density at radius 2 is 1.76 bits per heavy atom. The van der Waals surface area contributed by atoms with Crippen molar-refractivity contribution >= 4 is 11.3 Å². The van der Waals surface area contributed by atoms with Crippen LogP contribution < -0.4 is 0 Å². The Morgan fingerprint density at radius 3 is 2.32 bits per heavy atom. The molecule has 0 spiro atoms. The smallest absolute Gasteiger partial charge is 0.358 e. The van der Waals surface area contributed by atoms with Crippen molar-refractivity contribution < 1.29 is 31.1 Å². The number of benzene rings is 2. The molecular weight excluding hydrogens is 478 g/mol. The van der Waals surface area contributed by atoms with Gasteiger partial charge in [0, 0.05) is 5.56 Å². The topological polar surface area (TPSA) is 45.9 Å². The number of ether oxygens (including phenoxy) is 1. The van der Waals surface area contributed by atoms with Crippen LogP contribution in [0.15, 0.2) is 42.5 Å². The van der Waals surface area contributed by atoms with Crippen molar-refractivity contribution in [1.82, 2.24) is 4.98 Å². The number of thiazole rings is 1. The Labute approximate surface area is 195 Å². The van der Waals surface area contributed by atoms with E-state index in [0.29, 0.717) is 11.1 Å². The van der Waals surface area contributed by atoms with Gasteiger partial charge in [-0.25, -0.2) is 4.98 Å². The summed E-state index contributed by atoms with van der Waals surface area (Å²) in [6.45, 7) is 1.09. The zero-order valence-corrected chi connectivity index (χ0v) is 18.6. The summed E-state index contributed by atoms with van der Waals surface area (Å²) in [5, 5.41) is 9.42. The van der Waals surface area contributed by atoms with Crippen LogP contribution in [0.1, 0.15) is 57.7 Å². The van der Waals surface area contributed by atoms with Gasteiger partial charge in [0.25, 0.3) is 0 Å². The standard InChI is InChI=1S/C24H18F6N2OS/c1-13-20(34-22(32-13)16-6-8-18(9-7-16)23(25,26)27)21(24(28,29)30)33-12-14-2-3-17(11-31)19(10-14)15-4-5-15/h2-3,6-10,15,21H,4-5,12H2,1H3. The van der Waals surface area contributed by atoms with Crippen LogP contribution >= 0.6 is 11.3 Å². The first-order valence-electron chi connectivity index (χ1n) is 10.3. The molecule has 0 amide bonds. The van der Waals surface area contributed by atoms with E-state index in [-0.39, 0.29) is 33.7 Å². The lowest BCUT2D eigenvalue weighted by molar-refractivity contribution is -0.226. The molecule has 0 aliphatic heterocycles. The minimum atomic E-state index is -4.72. The Morgan fingerprint density at radius 1 is 1.09 bits per heavy atom. The molecular formula is C24H18F6N2OS. The molecule has 1 atom stereocenters. The number of nitriles is 1. The SMILES string of the molecule is Cc1nc(-c2ccc(C(F)(F)F)cc2)sc1C(OCc1ccc(C#N)c(C2CC2)c1)C(F)(F)F. The molecule has 178 valence electrons. The Hall–Kier alpha value is -2.90. The van der Waals surface area contributed by atoms with E-state index in [1.165, 1.54) is 19.1 Å². The van der Waals surface area contributed by atoms with Crippen LogP contribution in [0.3, 0.4) is 0 Å². The summed E-state index contributed by atoms with van der Waals surface area (Å²) in [5.41, 5.74) is 1.40. The van der Waals surface area contributed by atoms with Crippen molar-refractivity contribution in [3.63, 3.8) is 0 Å². The zero-order valence-electron chi connectivity index (χ0n) is 17.8. The first kappa shape index (κ1) is 24.2. The summed E-state index contributed by atoms with van der Waals surface area (Å²) in [6.07, 6.45) is -9.59. The second-order valence-corrected chi connectivity index (χ2v) is 9.11. The normalized spacial score (nSPS) is 15.2. The number of halogens is 6. The third-order valence-electron chi connectivity index (χ3n) is 5.50. The molecule has 1 fully saturated rings. The highest BCUT2D eigenvalue weighted by Crippen LogP contribution is 2.44. The molecule has 2 aromatic carbocycles. The third kappa shape index (κ3) is 5.26. The third-order valence-corrected chi connectivity index (χ3v) is 6.75. The molecule has 3 aromatic rings. The number of hydrogen-bond donors (Lipinski definition) is 0. The van der Waals surface area contributed by atoms with Gasteiger partial charge in [0.2, 0.25) is 0 Å². The van der Waals surface area contributed by atoms with Crippen molar-refractivity contribution in [2.24, 2.45) is 0 Å². The molecule has 1 aliphatic carbocycles. The lowest BCUT2D eigenvalue weighted by Gasteiger charge is -2.20. The summed E-state index contributed by atoms with van der Waals surface area (Å²) < 4.78 is 85.4. The molecule has 0 saturated heterocycles. The van der Waals surface area contributed by atoms with Gasteiger partial charge in [-0.05, 0) is 55.0 Å². The molecule has 3 nitrogen and oxygen atoms in total. The number of aryl methyl sites for hydroxylation is 1. The first-order valence-corrected chi connectivity index (χ1v) is 11.1. The van der Waals surface area contributed by atoms with E-state index in [2.05, 4.69) is 11.1 Å². The van der Waals surface area contributed by atoms with Gasteiger partial charge in [-0.3, -0.25) is 0 Å². The van der Waals surface area contributed by atoms with E-state index in [4.69, 9.17) is 4.74 Å². The molecule has 34 heavy (non-hydrogen) atoms. The van der Waals surface area contributed by atoms with Crippen LogP contribution in [0.5, 0.6) is 0 Å². The van der Waals surface area contributed by atoms with Gasteiger partial charge in [0.15, 0.2) is 6.10 Å². The molecule has 1 unspecified atom stereocenters. The van der Waals surface area contributed by atoms with Crippen molar-refractivity contribution in [3.8, 4) is 16.6 Å². The summed E-state index contributed by atoms with van der Waals surface area (Å²) >= 11 is 0.740. The van der Waals surface area contributed by atoms with Gasteiger partial charge in [0.1, 0.15) is 5.01 Å². The average molecular weight is 496 g/mol. The van der Waals surface area contributed by atoms with E-state index >= 15 is 0 Å². The summed E-state index contributed by atoms with van der Waals surface area (Å²) in [5.74, 6) is 0.253. The second kappa shape index (κ2) is 9.04. The molecule has 0 radical (unpaired) electrons. The van der Waals surface area contributed by atoms with Crippen LogP contribution in [0.25, 0.3) is 10.6 Å². The van der Waals surface area contributed by atoms with E-state index < -0.39 is 24.0 Å². The van der Waals surface area contributed by atoms with E-state index in [1.54, 1.807) is 18.2 Å². The minimum Gasteiger partial charge on any atom is -0.358 e. The number of nitrogens with zero attached hydrogens (tertiary/aromatic N) is 2. The van der Waals surface area contributed by atoms with Crippen molar-refractivity contribution in [1.29, 1.82) is 5.26 Å². The maximum Gasteiger partial charge on any atom is 0.419 e. The van der Waals surface area contributed by atoms with Gasteiger partial charge >= 0.3 is 12.4 Å². The van der Waals surface area contributed by atoms with Crippen LogP contribution in [0.4, 0.5) is 26.3 Å². The summed E-state index contributed by atoms with van der Waals surface area (Å²) in [6, 6.07) is 11.1. The highest BCUT2D eigenvalue weighted by Gasteiger charge is 2.44. The molecule has 1 heterocycles. The number of rotatable bonds is 6. The van der Waals surface area contributed by atoms with Crippen molar-refractivity contribution in [2.75, 3.05) is 0 Å². The zero-order chi connectivity index (χ0) is 24.7. The Kier molecular flexibility index (Phi) is 6.44. The fraction of sp³-hybridized carbons (Fsp3) is 0.333. The van der Waals surface area contributed by atoms with Gasteiger partial charge in [0.05, 0.1) is 34.4 Å². The van der Waals surface area contributed by atoms with Crippen LogP contribution in [0, 0.1) is 18.3 Å². The Bertz CT molecular complexity index is 1220. The monoisotopic (exact) mass is 496 g/mol. The maximum atomic E-state index is 13.9. The first-order chi connectivity index (χ1) is 16.0. The number of aromatic nitrogens is 1. The predicted octanol–water partition coefficient (Wildman–Crippen LogP) is 7.71. The highest BCUT2D eigenvalue weighted by atomic mass is 32.1. The van der Waals surface area contributed by atoms with Crippen molar-refractivity contribution in [3.05, 3.63) is 75.3 Å². The van der Waals surface area contributed by atoms with Gasteiger partial charge in [-0.1, -0.05) is 24.3 Å². The maximum absolute atomic E-state index is 13.9. The number of hydrogen-bond acceptors (Lipinski definition) is 4. The second-order valence-electron chi connectivity index (χ2n) is 8.08. The number of alkyl halides is 6. The molecule has 1 saturated carbocycles. The van der Waals surface area contributed by atoms with Crippen LogP contribution in [-0.2, 0) is 17.5 Å². The predicted molar refractivity (Wildman–Crippen MR) is 114 cm³/mol. The summed E-state index contributed by atoms with van der Waals surface area (Å²) in [4.78, 5) is 4.00. The molecule has 4 rings (SSSR count). The van der Waals surface area contributed by atoms with E-state index in [0.717, 1.165) is 41.9 Å². The molecule has 0 N–H and O–H groups in total. The summed E-state index contributed by atoms with van der Waals surface area (Å²) in [7, 11) is 0. The van der Waals surface area contributed by atoms with Gasteiger partial charge in [-0.15, -0.1) is 11.3 Å². The van der Waals surface area contributed by atoms with Gasteiger partial charge in [-0.2, -0.15) is 31.6 Å². The quantitative estimate of drug-likeness (QED) is 0.329. The molecule has 1 aliphatic rings. The lowest BCUT2D eigenvalue weighted by atomic mass is 10.0. The largest absolute Gasteiger partial charge is 0.419 e. The Balaban J connectivity index is 1.57. The van der Waals surface area contributed by atoms with E-state index in [9.17, 15) is 31.6 Å².